The minimum absolute atomic E-state index is 0.0597. The average Bonchev–Trinajstić information content (AvgIpc) is 3.01. The monoisotopic (exact) mass is 438 g/mol. The normalized spacial score (nSPS) is 15.5. The van der Waals surface area contributed by atoms with Crippen LogP contribution in [0.1, 0.15) is 26.4 Å². The van der Waals surface area contributed by atoms with E-state index in [0.717, 1.165) is 41.6 Å². The molecule has 31 heavy (non-hydrogen) atoms. The molecule has 0 saturated heterocycles. The quantitative estimate of drug-likeness (QED) is 0.613. The molecule has 0 bridgehead atoms. The third-order valence-corrected chi connectivity index (χ3v) is 7.20. The van der Waals surface area contributed by atoms with E-state index in [1.165, 1.54) is 22.5 Å². The third kappa shape index (κ3) is 4.99. The minimum Gasteiger partial charge on any atom is -0.390 e. The van der Waals surface area contributed by atoms with Crippen molar-refractivity contribution in [3.8, 4) is 0 Å². The summed E-state index contributed by atoms with van der Waals surface area (Å²) in [5.41, 5.74) is 3.74. The van der Waals surface area contributed by atoms with E-state index in [0.29, 0.717) is 24.6 Å². The van der Waals surface area contributed by atoms with E-state index in [4.69, 9.17) is 4.74 Å². The van der Waals surface area contributed by atoms with Gasteiger partial charge in [0.1, 0.15) is 0 Å². The number of thiophene rings is 1. The first-order valence-electron chi connectivity index (χ1n) is 10.8. The Hall–Kier alpha value is -2.25. The van der Waals surface area contributed by atoms with Crippen LogP contribution in [0.25, 0.3) is 10.1 Å². The second-order valence-electron chi connectivity index (χ2n) is 8.25. The van der Waals surface area contributed by atoms with Crippen molar-refractivity contribution >= 4 is 27.3 Å². The lowest BCUT2D eigenvalue weighted by atomic mass is 10.0. The zero-order valence-corrected chi connectivity index (χ0v) is 19.0. The van der Waals surface area contributed by atoms with Gasteiger partial charge in [-0.05, 0) is 35.4 Å². The number of amides is 1. The SMILES string of the molecule is COCc1c(C(=O)N(C)C[C@@H](O)CN2CCc3ccccc3CC2)sc2ccccc12. The van der Waals surface area contributed by atoms with Crippen LogP contribution in [0.2, 0.25) is 0 Å². The summed E-state index contributed by atoms with van der Waals surface area (Å²) in [6, 6.07) is 16.6. The molecule has 2 heterocycles. The molecule has 164 valence electrons. The molecule has 1 aliphatic rings. The fraction of sp³-hybridized carbons (Fsp3) is 0.400. The van der Waals surface area contributed by atoms with Crippen LogP contribution in [0.4, 0.5) is 0 Å². The van der Waals surface area contributed by atoms with Gasteiger partial charge in [-0.25, -0.2) is 0 Å². The highest BCUT2D eigenvalue weighted by Crippen LogP contribution is 2.32. The molecule has 1 atom stereocenters. The highest BCUT2D eigenvalue weighted by molar-refractivity contribution is 7.21. The molecule has 2 aromatic carbocycles. The number of carbonyl (C=O) groups is 1. The predicted octanol–water partition coefficient (Wildman–Crippen LogP) is 3.58. The standard InChI is InChI=1S/C25H30N2O3S/c1-26(25(29)24-22(17-30-2)21-9-5-6-10-23(21)31-24)15-20(28)16-27-13-11-18-7-3-4-8-19(18)12-14-27/h3-10,20,28H,11-17H2,1-2H3/t20-/m1/s1. The molecule has 5 nitrogen and oxygen atoms in total. The van der Waals surface area contributed by atoms with Crippen molar-refractivity contribution in [2.24, 2.45) is 0 Å². The number of benzene rings is 2. The van der Waals surface area contributed by atoms with Gasteiger partial charge >= 0.3 is 0 Å². The number of fused-ring (bicyclic) bond motifs is 2. The Labute approximate surface area is 187 Å². The molecule has 1 aliphatic heterocycles. The lowest BCUT2D eigenvalue weighted by molar-refractivity contribution is 0.0593. The summed E-state index contributed by atoms with van der Waals surface area (Å²) < 4.78 is 6.44. The number of ether oxygens (including phenoxy) is 1. The van der Waals surface area contributed by atoms with Crippen LogP contribution < -0.4 is 0 Å². The summed E-state index contributed by atoms with van der Waals surface area (Å²) in [4.78, 5) is 17.8. The van der Waals surface area contributed by atoms with Gasteiger partial charge in [-0.15, -0.1) is 11.3 Å². The van der Waals surface area contributed by atoms with E-state index >= 15 is 0 Å². The van der Waals surface area contributed by atoms with Crippen molar-refractivity contribution in [3.05, 3.63) is 70.1 Å². The number of aliphatic hydroxyl groups is 1. The van der Waals surface area contributed by atoms with Gasteiger partial charge < -0.3 is 19.6 Å². The summed E-state index contributed by atoms with van der Waals surface area (Å²) >= 11 is 1.50. The molecule has 4 rings (SSSR count). The van der Waals surface area contributed by atoms with Crippen molar-refractivity contribution in [2.45, 2.75) is 25.6 Å². The van der Waals surface area contributed by atoms with Crippen LogP contribution in [0.15, 0.2) is 48.5 Å². The summed E-state index contributed by atoms with van der Waals surface area (Å²) in [6.45, 7) is 3.14. The number of hydrogen-bond donors (Lipinski definition) is 1. The number of nitrogens with zero attached hydrogens (tertiary/aromatic N) is 2. The van der Waals surface area contributed by atoms with Gasteiger partial charge in [0.25, 0.3) is 5.91 Å². The van der Waals surface area contributed by atoms with Gasteiger partial charge in [0.15, 0.2) is 0 Å². The molecule has 3 aromatic rings. The Balaban J connectivity index is 1.39. The molecule has 0 unspecified atom stereocenters. The number of aliphatic hydroxyl groups excluding tert-OH is 1. The molecule has 6 heteroatoms. The number of β-amino-alcohol motifs (C(OH)–C–C–N with tert-alkyl or cyclic N) is 1. The number of rotatable bonds is 7. The first-order chi connectivity index (χ1) is 15.1. The lowest BCUT2D eigenvalue weighted by Gasteiger charge is -2.26. The second kappa shape index (κ2) is 9.92. The van der Waals surface area contributed by atoms with Crippen molar-refractivity contribution in [2.75, 3.05) is 40.3 Å². The molecule has 0 saturated carbocycles. The van der Waals surface area contributed by atoms with Crippen LogP contribution >= 0.6 is 11.3 Å². The smallest absolute Gasteiger partial charge is 0.264 e. The molecular weight excluding hydrogens is 408 g/mol. The molecule has 1 N–H and O–H groups in total. The zero-order valence-electron chi connectivity index (χ0n) is 18.2. The first kappa shape index (κ1) is 22.0. The van der Waals surface area contributed by atoms with Crippen LogP contribution in [-0.2, 0) is 24.2 Å². The lowest BCUT2D eigenvalue weighted by Crippen LogP contribution is -2.41. The molecule has 0 radical (unpaired) electrons. The Morgan fingerprint density at radius 2 is 1.77 bits per heavy atom. The number of carbonyl (C=O) groups excluding carboxylic acids is 1. The predicted molar refractivity (Wildman–Crippen MR) is 126 cm³/mol. The molecule has 0 aliphatic carbocycles. The zero-order chi connectivity index (χ0) is 21.8. The van der Waals surface area contributed by atoms with E-state index in [1.807, 2.05) is 24.3 Å². The maximum atomic E-state index is 13.2. The Morgan fingerprint density at radius 1 is 1.13 bits per heavy atom. The van der Waals surface area contributed by atoms with Crippen molar-refractivity contribution < 1.29 is 14.6 Å². The van der Waals surface area contributed by atoms with Gasteiger partial charge in [-0.1, -0.05) is 42.5 Å². The molecule has 1 amide bonds. The van der Waals surface area contributed by atoms with Gasteiger partial charge in [0.05, 0.1) is 17.6 Å². The Morgan fingerprint density at radius 3 is 2.45 bits per heavy atom. The molecule has 0 spiro atoms. The second-order valence-corrected chi connectivity index (χ2v) is 9.30. The largest absolute Gasteiger partial charge is 0.390 e. The number of hydrogen-bond acceptors (Lipinski definition) is 5. The minimum atomic E-state index is -0.588. The van der Waals surface area contributed by atoms with Crippen LogP contribution in [-0.4, -0.2) is 67.3 Å². The topological polar surface area (TPSA) is 53.0 Å². The van der Waals surface area contributed by atoms with E-state index in [9.17, 15) is 9.90 Å². The highest BCUT2D eigenvalue weighted by Gasteiger charge is 2.24. The summed E-state index contributed by atoms with van der Waals surface area (Å²) in [5, 5.41) is 11.8. The van der Waals surface area contributed by atoms with E-state index < -0.39 is 6.10 Å². The van der Waals surface area contributed by atoms with Gasteiger partial charge in [-0.3, -0.25) is 4.79 Å². The van der Waals surface area contributed by atoms with Gasteiger partial charge in [-0.2, -0.15) is 0 Å². The summed E-state index contributed by atoms with van der Waals surface area (Å²) in [7, 11) is 3.42. The summed E-state index contributed by atoms with van der Waals surface area (Å²) in [5.74, 6) is -0.0597. The summed E-state index contributed by atoms with van der Waals surface area (Å²) in [6.07, 6.45) is 1.41. The average molecular weight is 439 g/mol. The van der Waals surface area contributed by atoms with E-state index in [1.54, 1.807) is 19.1 Å². The van der Waals surface area contributed by atoms with Crippen molar-refractivity contribution in [1.82, 2.24) is 9.80 Å². The maximum Gasteiger partial charge on any atom is 0.264 e. The van der Waals surface area contributed by atoms with Crippen LogP contribution in [0, 0.1) is 0 Å². The number of methoxy groups -OCH3 is 1. The van der Waals surface area contributed by atoms with Crippen molar-refractivity contribution in [3.63, 3.8) is 0 Å². The van der Waals surface area contributed by atoms with Gasteiger partial charge in [0, 0.05) is 50.6 Å². The van der Waals surface area contributed by atoms with E-state index in [-0.39, 0.29) is 5.91 Å². The molecule has 0 fully saturated rings. The number of likely N-dealkylation sites (N-methyl/N-ethyl adjacent to an activating group) is 1. The fourth-order valence-corrected chi connectivity index (χ4v) is 5.59. The Kier molecular flexibility index (Phi) is 7.02. The van der Waals surface area contributed by atoms with E-state index in [2.05, 4.69) is 29.2 Å². The third-order valence-electron chi connectivity index (χ3n) is 5.99. The highest BCUT2D eigenvalue weighted by atomic mass is 32.1. The molecular formula is C25H30N2O3S. The van der Waals surface area contributed by atoms with Crippen molar-refractivity contribution in [1.29, 1.82) is 0 Å². The maximum absolute atomic E-state index is 13.2. The fourth-order valence-electron chi connectivity index (χ4n) is 4.38. The van der Waals surface area contributed by atoms with Gasteiger partial charge in [0.2, 0.25) is 0 Å². The molecule has 1 aromatic heterocycles. The van der Waals surface area contributed by atoms with Crippen LogP contribution in [0.3, 0.4) is 0 Å². The first-order valence-corrected chi connectivity index (χ1v) is 11.6. The van der Waals surface area contributed by atoms with Crippen LogP contribution in [0.5, 0.6) is 0 Å². The Bertz CT molecular complexity index is 1020.